The maximum atomic E-state index is 11.5. The number of anilines is 1. The van der Waals surface area contributed by atoms with Crippen molar-refractivity contribution in [1.29, 1.82) is 0 Å². The van der Waals surface area contributed by atoms with Gasteiger partial charge in [-0.2, -0.15) is 11.8 Å². The number of rotatable bonds is 7. The summed E-state index contributed by atoms with van der Waals surface area (Å²) in [7, 11) is 0. The molecule has 0 saturated carbocycles. The van der Waals surface area contributed by atoms with Gasteiger partial charge in [-0.15, -0.1) is 11.3 Å². The number of hydrogen-bond acceptors (Lipinski definition) is 5. The molecule has 4 N–H and O–H groups in total. The monoisotopic (exact) mass is 274 g/mol. The van der Waals surface area contributed by atoms with Crippen molar-refractivity contribution in [3.8, 4) is 0 Å². The summed E-state index contributed by atoms with van der Waals surface area (Å²) in [6.07, 6.45) is 0.670. The van der Waals surface area contributed by atoms with Gasteiger partial charge in [0.1, 0.15) is 5.00 Å². The molecule has 0 aliphatic heterocycles. The number of thiophene rings is 1. The first kappa shape index (κ1) is 14.0. The third kappa shape index (κ3) is 4.76. The molecule has 0 aliphatic carbocycles. The lowest BCUT2D eigenvalue weighted by Gasteiger charge is -2.04. The SMILES string of the molecule is NC(=O)c1ccsc1NC(=O)CSCCCO. The quantitative estimate of drug-likeness (QED) is 0.644. The van der Waals surface area contributed by atoms with E-state index in [1.54, 1.807) is 11.4 Å². The van der Waals surface area contributed by atoms with Gasteiger partial charge in [-0.3, -0.25) is 9.59 Å². The number of carbonyl (C=O) groups is 2. The van der Waals surface area contributed by atoms with Gasteiger partial charge in [-0.25, -0.2) is 0 Å². The van der Waals surface area contributed by atoms with Gasteiger partial charge in [0.2, 0.25) is 5.91 Å². The van der Waals surface area contributed by atoms with Crippen LogP contribution in [-0.4, -0.2) is 35.0 Å². The van der Waals surface area contributed by atoms with Gasteiger partial charge in [0.05, 0.1) is 11.3 Å². The lowest BCUT2D eigenvalue weighted by molar-refractivity contribution is -0.113. The molecule has 0 unspecified atom stereocenters. The highest BCUT2D eigenvalue weighted by Crippen LogP contribution is 2.22. The lowest BCUT2D eigenvalue weighted by atomic mass is 10.3. The molecule has 94 valence electrons. The van der Waals surface area contributed by atoms with E-state index in [2.05, 4.69) is 5.32 Å². The molecule has 17 heavy (non-hydrogen) atoms. The third-order valence-electron chi connectivity index (χ3n) is 1.86. The zero-order valence-electron chi connectivity index (χ0n) is 9.14. The van der Waals surface area contributed by atoms with Crippen LogP contribution in [0.1, 0.15) is 16.8 Å². The van der Waals surface area contributed by atoms with E-state index in [0.29, 0.717) is 22.7 Å². The summed E-state index contributed by atoms with van der Waals surface area (Å²) >= 11 is 2.71. The second-order valence-electron chi connectivity index (χ2n) is 3.21. The van der Waals surface area contributed by atoms with E-state index in [1.807, 2.05) is 0 Å². The van der Waals surface area contributed by atoms with Gasteiger partial charge in [0.15, 0.2) is 0 Å². The molecule has 1 heterocycles. The zero-order chi connectivity index (χ0) is 12.7. The summed E-state index contributed by atoms with van der Waals surface area (Å²) in [6.45, 7) is 0.130. The van der Waals surface area contributed by atoms with Crippen LogP contribution in [0.15, 0.2) is 11.4 Å². The average Bonchev–Trinajstić information content (AvgIpc) is 2.72. The molecule has 0 aliphatic rings. The molecule has 0 saturated heterocycles. The lowest BCUT2D eigenvalue weighted by Crippen LogP contribution is -2.18. The predicted molar refractivity (Wildman–Crippen MR) is 70.5 cm³/mol. The van der Waals surface area contributed by atoms with Crippen LogP contribution in [0, 0.1) is 0 Å². The first-order valence-corrected chi connectivity index (χ1v) is 7.04. The number of primary amides is 1. The topological polar surface area (TPSA) is 92.4 Å². The van der Waals surface area contributed by atoms with Crippen LogP contribution >= 0.6 is 23.1 Å². The van der Waals surface area contributed by atoms with Crippen LogP contribution in [0.5, 0.6) is 0 Å². The number of nitrogens with two attached hydrogens (primary N) is 1. The largest absolute Gasteiger partial charge is 0.396 e. The summed E-state index contributed by atoms with van der Waals surface area (Å²) < 4.78 is 0. The molecule has 1 aromatic heterocycles. The van der Waals surface area contributed by atoms with Gasteiger partial charge in [0.25, 0.3) is 5.91 Å². The van der Waals surface area contributed by atoms with Crippen LogP contribution in [0.2, 0.25) is 0 Å². The molecule has 1 aromatic rings. The number of thioether (sulfide) groups is 1. The summed E-state index contributed by atoms with van der Waals surface area (Å²) in [4.78, 5) is 22.5. The van der Waals surface area contributed by atoms with Crippen LogP contribution < -0.4 is 11.1 Å². The molecule has 2 amide bonds. The van der Waals surface area contributed by atoms with Gasteiger partial charge in [-0.05, 0) is 23.6 Å². The van der Waals surface area contributed by atoms with E-state index in [9.17, 15) is 9.59 Å². The zero-order valence-corrected chi connectivity index (χ0v) is 10.8. The summed E-state index contributed by atoms with van der Waals surface area (Å²) in [6, 6.07) is 1.58. The fraction of sp³-hybridized carbons (Fsp3) is 0.400. The van der Waals surface area contributed by atoms with E-state index < -0.39 is 5.91 Å². The molecule has 1 rings (SSSR count). The molecule has 0 radical (unpaired) electrons. The van der Waals surface area contributed by atoms with E-state index in [4.69, 9.17) is 10.8 Å². The minimum absolute atomic E-state index is 0.130. The van der Waals surface area contributed by atoms with E-state index in [1.165, 1.54) is 23.1 Å². The second-order valence-corrected chi connectivity index (χ2v) is 5.23. The third-order valence-corrected chi connectivity index (χ3v) is 3.74. The Hall–Kier alpha value is -1.05. The highest BCUT2D eigenvalue weighted by atomic mass is 32.2. The molecule has 7 heteroatoms. The molecular weight excluding hydrogens is 260 g/mol. The number of carbonyl (C=O) groups excluding carboxylic acids is 2. The highest BCUT2D eigenvalue weighted by molar-refractivity contribution is 7.99. The first-order valence-electron chi connectivity index (χ1n) is 5.01. The minimum Gasteiger partial charge on any atom is -0.396 e. The smallest absolute Gasteiger partial charge is 0.251 e. The second kappa shape index (κ2) is 7.31. The molecule has 0 spiro atoms. The van der Waals surface area contributed by atoms with E-state index >= 15 is 0 Å². The van der Waals surface area contributed by atoms with Crippen LogP contribution in [0.25, 0.3) is 0 Å². The Labute approximate surface area is 107 Å². The Morgan fingerprint density at radius 2 is 2.29 bits per heavy atom. The van der Waals surface area contributed by atoms with Crippen molar-refractivity contribution in [1.82, 2.24) is 0 Å². The number of nitrogens with one attached hydrogen (secondary N) is 1. The Kier molecular flexibility index (Phi) is 6.03. The standard InChI is InChI=1S/C10H14N2O3S2/c11-9(15)7-2-5-17-10(7)12-8(14)6-16-4-1-3-13/h2,5,13H,1,3-4,6H2,(H2,11,15)(H,12,14). The molecule has 0 aromatic carbocycles. The van der Waals surface area contributed by atoms with Crippen LogP contribution in [-0.2, 0) is 4.79 Å². The van der Waals surface area contributed by atoms with E-state index in [0.717, 1.165) is 5.75 Å². The molecule has 0 fully saturated rings. The van der Waals surface area contributed by atoms with Crippen molar-refractivity contribution in [2.75, 3.05) is 23.4 Å². The Morgan fingerprint density at radius 1 is 1.53 bits per heavy atom. The number of aliphatic hydroxyl groups is 1. The number of hydrogen-bond donors (Lipinski definition) is 3. The Balaban J connectivity index is 2.40. The van der Waals surface area contributed by atoms with Crippen molar-refractivity contribution < 1.29 is 14.7 Å². The summed E-state index contributed by atoms with van der Waals surface area (Å²) in [5, 5.41) is 13.4. The van der Waals surface area contributed by atoms with Crippen molar-refractivity contribution in [2.45, 2.75) is 6.42 Å². The average molecular weight is 274 g/mol. The van der Waals surface area contributed by atoms with Crippen LogP contribution in [0.4, 0.5) is 5.00 Å². The Bertz CT molecular complexity index is 393. The van der Waals surface area contributed by atoms with Crippen LogP contribution in [0.3, 0.4) is 0 Å². The first-order chi connectivity index (χ1) is 8.15. The summed E-state index contributed by atoms with van der Waals surface area (Å²) in [5.74, 6) is 0.319. The maximum Gasteiger partial charge on any atom is 0.251 e. The van der Waals surface area contributed by atoms with Crippen molar-refractivity contribution in [3.05, 3.63) is 17.0 Å². The molecule has 5 nitrogen and oxygen atoms in total. The predicted octanol–water partition coefficient (Wildman–Crippen LogP) is 0.901. The normalized spacial score (nSPS) is 10.2. The van der Waals surface area contributed by atoms with Gasteiger partial charge in [0, 0.05) is 6.61 Å². The molecule has 0 bridgehead atoms. The fourth-order valence-electron chi connectivity index (χ4n) is 1.09. The van der Waals surface area contributed by atoms with Crippen molar-refractivity contribution in [3.63, 3.8) is 0 Å². The maximum absolute atomic E-state index is 11.5. The van der Waals surface area contributed by atoms with Crippen molar-refractivity contribution in [2.24, 2.45) is 5.73 Å². The van der Waals surface area contributed by atoms with Gasteiger partial charge in [-0.1, -0.05) is 0 Å². The summed E-state index contributed by atoms with van der Waals surface area (Å²) in [5.41, 5.74) is 5.49. The fourth-order valence-corrected chi connectivity index (χ4v) is 2.64. The number of aliphatic hydroxyl groups excluding tert-OH is 1. The van der Waals surface area contributed by atoms with Crippen molar-refractivity contribution >= 4 is 39.9 Å². The highest BCUT2D eigenvalue weighted by Gasteiger charge is 2.12. The molecular formula is C10H14N2O3S2. The Morgan fingerprint density at radius 3 is 2.94 bits per heavy atom. The van der Waals surface area contributed by atoms with Gasteiger partial charge >= 0.3 is 0 Å². The minimum atomic E-state index is -0.547. The molecule has 0 atom stereocenters. The van der Waals surface area contributed by atoms with E-state index in [-0.39, 0.29) is 12.5 Å². The van der Waals surface area contributed by atoms with Gasteiger partial charge < -0.3 is 16.2 Å². The number of amides is 2.